The Morgan fingerprint density at radius 2 is 2.22 bits per heavy atom. The van der Waals surface area contributed by atoms with E-state index in [1.54, 1.807) is 6.07 Å². The van der Waals surface area contributed by atoms with Crippen LogP contribution in [0.1, 0.15) is 5.56 Å². The third kappa shape index (κ3) is 3.38. The molecule has 0 amide bonds. The summed E-state index contributed by atoms with van der Waals surface area (Å²) < 4.78 is 26.7. The van der Waals surface area contributed by atoms with Crippen LogP contribution >= 0.6 is 23.5 Å². The number of nitrogens with one attached hydrogen (secondary N) is 1. The van der Waals surface area contributed by atoms with Gasteiger partial charge in [-0.2, -0.15) is 23.5 Å². The SMILES string of the molecule is NNC(Cc1cccc(F)c1F)C1CSCCS1. The number of hydrogen-bond donors (Lipinski definition) is 2. The molecule has 6 heteroatoms. The highest BCUT2D eigenvalue weighted by Gasteiger charge is 2.25. The van der Waals surface area contributed by atoms with Gasteiger partial charge in [-0.25, -0.2) is 8.78 Å². The first-order valence-electron chi connectivity index (χ1n) is 5.80. The van der Waals surface area contributed by atoms with Crippen molar-refractivity contribution in [2.75, 3.05) is 17.3 Å². The number of nitrogens with two attached hydrogens (primary N) is 1. The van der Waals surface area contributed by atoms with Gasteiger partial charge < -0.3 is 0 Å². The molecule has 18 heavy (non-hydrogen) atoms. The fourth-order valence-corrected chi connectivity index (χ4v) is 4.85. The van der Waals surface area contributed by atoms with Gasteiger partial charge in [0.15, 0.2) is 11.6 Å². The second kappa shape index (κ2) is 6.75. The number of thioether (sulfide) groups is 2. The maximum atomic E-state index is 13.6. The summed E-state index contributed by atoms with van der Waals surface area (Å²) in [6.45, 7) is 0. The standard InChI is InChI=1S/C12H16F2N2S2/c13-9-3-1-2-8(12(9)14)6-10(16-15)11-7-17-4-5-18-11/h1-3,10-11,16H,4-7,15H2. The van der Waals surface area contributed by atoms with Gasteiger partial charge in [-0.3, -0.25) is 11.3 Å². The largest absolute Gasteiger partial charge is 0.271 e. The van der Waals surface area contributed by atoms with Crippen molar-refractivity contribution < 1.29 is 8.78 Å². The van der Waals surface area contributed by atoms with Crippen LogP contribution in [0.5, 0.6) is 0 Å². The lowest BCUT2D eigenvalue weighted by Gasteiger charge is -2.29. The van der Waals surface area contributed by atoms with Crippen LogP contribution in [0.4, 0.5) is 8.78 Å². The Hall–Kier alpha value is -0.300. The van der Waals surface area contributed by atoms with E-state index in [1.807, 2.05) is 23.5 Å². The Morgan fingerprint density at radius 3 is 2.89 bits per heavy atom. The summed E-state index contributed by atoms with van der Waals surface area (Å²) in [5.41, 5.74) is 3.13. The van der Waals surface area contributed by atoms with Crippen molar-refractivity contribution in [3.05, 3.63) is 35.4 Å². The lowest BCUT2D eigenvalue weighted by Crippen LogP contribution is -2.46. The molecule has 2 atom stereocenters. The van der Waals surface area contributed by atoms with Crippen LogP contribution in [0.2, 0.25) is 0 Å². The Morgan fingerprint density at radius 1 is 1.39 bits per heavy atom. The van der Waals surface area contributed by atoms with Crippen molar-refractivity contribution in [1.82, 2.24) is 5.43 Å². The number of hydrogen-bond acceptors (Lipinski definition) is 4. The van der Waals surface area contributed by atoms with Crippen LogP contribution in [-0.4, -0.2) is 28.6 Å². The van der Waals surface area contributed by atoms with Crippen molar-refractivity contribution in [3.8, 4) is 0 Å². The van der Waals surface area contributed by atoms with Crippen LogP contribution in [0.3, 0.4) is 0 Å². The molecule has 2 rings (SSSR count). The van der Waals surface area contributed by atoms with Gasteiger partial charge in [0.1, 0.15) is 0 Å². The Balaban J connectivity index is 2.07. The number of benzene rings is 1. The zero-order chi connectivity index (χ0) is 13.0. The van der Waals surface area contributed by atoms with Crippen LogP contribution in [0, 0.1) is 11.6 Å². The molecule has 1 aromatic rings. The first-order chi connectivity index (χ1) is 8.72. The summed E-state index contributed by atoms with van der Waals surface area (Å²) in [4.78, 5) is 0. The molecule has 0 aromatic heterocycles. The molecule has 0 spiro atoms. The van der Waals surface area contributed by atoms with Crippen molar-refractivity contribution in [3.63, 3.8) is 0 Å². The summed E-state index contributed by atoms with van der Waals surface area (Å²) in [7, 11) is 0. The normalized spacial score (nSPS) is 21.8. The van der Waals surface area contributed by atoms with Gasteiger partial charge in [-0.05, 0) is 18.1 Å². The maximum absolute atomic E-state index is 13.6. The van der Waals surface area contributed by atoms with E-state index in [0.29, 0.717) is 17.2 Å². The van der Waals surface area contributed by atoms with Gasteiger partial charge in [-0.15, -0.1) is 0 Å². The average molecular weight is 290 g/mol. The van der Waals surface area contributed by atoms with Gasteiger partial charge >= 0.3 is 0 Å². The number of hydrazine groups is 1. The zero-order valence-electron chi connectivity index (χ0n) is 9.86. The second-order valence-electron chi connectivity index (χ2n) is 4.17. The number of halogens is 2. The summed E-state index contributed by atoms with van der Waals surface area (Å²) in [6, 6.07) is 4.25. The van der Waals surface area contributed by atoms with Crippen molar-refractivity contribution >= 4 is 23.5 Å². The van der Waals surface area contributed by atoms with E-state index in [2.05, 4.69) is 5.43 Å². The predicted octanol–water partition coefficient (Wildman–Crippen LogP) is 2.19. The molecular weight excluding hydrogens is 274 g/mol. The highest BCUT2D eigenvalue weighted by atomic mass is 32.2. The van der Waals surface area contributed by atoms with E-state index in [4.69, 9.17) is 5.84 Å². The van der Waals surface area contributed by atoms with E-state index in [9.17, 15) is 8.78 Å². The van der Waals surface area contributed by atoms with E-state index >= 15 is 0 Å². The molecule has 100 valence electrons. The molecule has 0 bridgehead atoms. The van der Waals surface area contributed by atoms with Gasteiger partial charge in [0.25, 0.3) is 0 Å². The van der Waals surface area contributed by atoms with Gasteiger partial charge in [0.2, 0.25) is 0 Å². The zero-order valence-corrected chi connectivity index (χ0v) is 11.5. The van der Waals surface area contributed by atoms with E-state index in [-0.39, 0.29) is 6.04 Å². The summed E-state index contributed by atoms with van der Waals surface area (Å²) in [6.07, 6.45) is 0.415. The van der Waals surface area contributed by atoms with Gasteiger partial charge in [0, 0.05) is 28.6 Å². The molecule has 2 nitrogen and oxygen atoms in total. The average Bonchev–Trinajstić information content (AvgIpc) is 2.41. The quantitative estimate of drug-likeness (QED) is 0.658. The molecule has 0 saturated carbocycles. The van der Waals surface area contributed by atoms with Crippen LogP contribution in [0.15, 0.2) is 18.2 Å². The molecule has 1 fully saturated rings. The topological polar surface area (TPSA) is 38.0 Å². The minimum Gasteiger partial charge on any atom is -0.271 e. The van der Waals surface area contributed by atoms with Gasteiger partial charge in [0.05, 0.1) is 0 Å². The molecular formula is C12H16F2N2S2. The molecule has 2 unspecified atom stereocenters. The molecule has 1 aliphatic rings. The molecule has 0 radical (unpaired) electrons. The lowest BCUT2D eigenvalue weighted by atomic mass is 10.0. The number of rotatable bonds is 4. The van der Waals surface area contributed by atoms with Crippen molar-refractivity contribution in [2.24, 2.45) is 5.84 Å². The Kier molecular flexibility index (Phi) is 5.29. The minimum atomic E-state index is -0.797. The Bertz CT molecular complexity index is 398. The van der Waals surface area contributed by atoms with Gasteiger partial charge in [-0.1, -0.05) is 12.1 Å². The first-order valence-corrected chi connectivity index (χ1v) is 8.01. The molecule has 1 heterocycles. The highest BCUT2D eigenvalue weighted by molar-refractivity contribution is 8.06. The third-order valence-corrected chi connectivity index (χ3v) is 5.90. The lowest BCUT2D eigenvalue weighted by molar-refractivity contribution is 0.474. The molecule has 1 aliphatic heterocycles. The van der Waals surface area contributed by atoms with Crippen LogP contribution < -0.4 is 11.3 Å². The summed E-state index contributed by atoms with van der Waals surface area (Å²) in [5.74, 6) is 7.22. The first kappa shape index (κ1) is 14.1. The second-order valence-corrected chi connectivity index (χ2v) is 6.67. The van der Waals surface area contributed by atoms with E-state index in [0.717, 1.165) is 23.3 Å². The van der Waals surface area contributed by atoms with Crippen LogP contribution in [0.25, 0.3) is 0 Å². The van der Waals surface area contributed by atoms with E-state index < -0.39 is 11.6 Å². The van der Waals surface area contributed by atoms with Crippen molar-refractivity contribution in [2.45, 2.75) is 17.7 Å². The maximum Gasteiger partial charge on any atom is 0.162 e. The summed E-state index contributed by atoms with van der Waals surface area (Å²) in [5, 5.41) is 0.344. The summed E-state index contributed by atoms with van der Waals surface area (Å²) >= 11 is 3.73. The Labute approximate surface area is 114 Å². The molecule has 1 aromatic carbocycles. The molecule has 3 N–H and O–H groups in total. The fraction of sp³-hybridized carbons (Fsp3) is 0.500. The molecule has 0 aliphatic carbocycles. The third-order valence-electron chi connectivity index (χ3n) is 2.98. The predicted molar refractivity (Wildman–Crippen MR) is 74.7 cm³/mol. The van der Waals surface area contributed by atoms with Crippen LogP contribution in [-0.2, 0) is 6.42 Å². The smallest absolute Gasteiger partial charge is 0.162 e. The minimum absolute atomic E-state index is 0.0286. The fourth-order valence-electron chi connectivity index (χ4n) is 1.98. The monoisotopic (exact) mass is 290 g/mol. The van der Waals surface area contributed by atoms with E-state index in [1.165, 1.54) is 6.07 Å². The molecule has 1 saturated heterocycles. The highest BCUT2D eigenvalue weighted by Crippen LogP contribution is 2.28. The van der Waals surface area contributed by atoms with Crippen molar-refractivity contribution in [1.29, 1.82) is 0 Å².